The molecule has 14 heteroatoms. The van der Waals surface area contributed by atoms with Gasteiger partial charge in [-0.1, -0.05) is 254 Å². The van der Waals surface area contributed by atoms with Crippen LogP contribution in [-0.2, 0) is 0 Å². The van der Waals surface area contributed by atoms with Gasteiger partial charge in [0.2, 0.25) is 11.8 Å². The van der Waals surface area contributed by atoms with Crippen molar-refractivity contribution in [3.8, 4) is 91.8 Å². The zero-order chi connectivity index (χ0) is 74.2. The van der Waals surface area contributed by atoms with E-state index in [1.165, 1.54) is 12.8 Å². The highest BCUT2D eigenvalue weighted by molar-refractivity contribution is 5.82. The molecule has 9 aromatic rings. The number of methoxy groups -OCH3 is 2. The molecule has 562 valence electrons. The lowest BCUT2D eigenvalue weighted by Gasteiger charge is -2.16. The van der Waals surface area contributed by atoms with Crippen LogP contribution in [0.4, 0.5) is 0 Å². The minimum absolute atomic E-state index is 0.365. The molecule has 0 bridgehead atoms. The van der Waals surface area contributed by atoms with Gasteiger partial charge in [-0.3, -0.25) is 0 Å². The van der Waals surface area contributed by atoms with E-state index in [1.807, 2.05) is 60.7 Å². The number of benzene rings is 7. The number of nitrogens with zero attached hydrogens (tertiary/aromatic N) is 4. The fraction of sp³-hybridized carbons (Fsp3) is 0.413. The molecule has 0 fully saturated rings. The highest BCUT2D eigenvalue weighted by Crippen LogP contribution is 2.41. The number of hydrogen-bond donors (Lipinski definition) is 0. The van der Waals surface area contributed by atoms with E-state index in [9.17, 15) is 0 Å². The van der Waals surface area contributed by atoms with Crippen molar-refractivity contribution >= 4 is 48.6 Å². The van der Waals surface area contributed by atoms with Gasteiger partial charge in [0, 0.05) is 33.4 Å². The number of rotatable bonds is 50. The Kier molecular flexibility index (Phi) is 34.5. The SMILES string of the molecule is CCCCCCOc1cc(/C=C/c2ccc(/C=C/c3cc(OCCCCCC)c(-c4nnc(-c5ccc(OC)cc5)o4)cc3OCCCCCC)cc2)c(OCCCCCC)cc1/C=C/c1ccc(/C=C/c2cc(OCCCCCC)c(-c3nnc(-c4ccc(OC)cc4)o3)cc2OCCCCCC)cc1. The predicted octanol–water partition coefficient (Wildman–Crippen LogP) is 25.6. The Labute approximate surface area is 631 Å². The van der Waals surface area contributed by atoms with Gasteiger partial charge in [0.1, 0.15) is 46.0 Å². The van der Waals surface area contributed by atoms with E-state index in [0.29, 0.717) is 85.8 Å². The van der Waals surface area contributed by atoms with Crippen molar-refractivity contribution in [3.63, 3.8) is 0 Å². The van der Waals surface area contributed by atoms with Crippen LogP contribution >= 0.6 is 0 Å². The van der Waals surface area contributed by atoms with Gasteiger partial charge in [-0.2, -0.15) is 0 Å². The maximum atomic E-state index is 6.72. The second-order valence-electron chi connectivity index (χ2n) is 27.1. The Morgan fingerprint density at radius 2 is 0.491 bits per heavy atom. The second-order valence-corrected chi connectivity index (χ2v) is 27.1. The van der Waals surface area contributed by atoms with E-state index < -0.39 is 0 Å². The molecule has 9 rings (SSSR count). The van der Waals surface area contributed by atoms with Crippen LogP contribution in [0.3, 0.4) is 0 Å². The quantitative estimate of drug-likeness (QED) is 0.0263. The van der Waals surface area contributed by atoms with Crippen molar-refractivity contribution in [2.45, 2.75) is 196 Å². The third-order valence-electron chi connectivity index (χ3n) is 18.6. The van der Waals surface area contributed by atoms with E-state index in [-0.39, 0.29) is 0 Å². The molecule has 0 aliphatic rings. The van der Waals surface area contributed by atoms with E-state index >= 15 is 0 Å². The van der Waals surface area contributed by atoms with Crippen LogP contribution in [-0.4, -0.2) is 74.3 Å². The van der Waals surface area contributed by atoms with Crippen LogP contribution in [0.25, 0.3) is 94.4 Å². The first-order valence-corrected chi connectivity index (χ1v) is 39.4. The summed E-state index contributed by atoms with van der Waals surface area (Å²) in [5.41, 5.74) is 10.9. The monoisotopic (exact) mass is 1430 g/mol. The van der Waals surface area contributed by atoms with Crippen LogP contribution in [0.15, 0.2) is 142 Å². The standard InChI is InChI=1S/C92H114N4O10/c1-9-15-21-27-57-99-83-63-76(46-42-70-35-39-72(40-36-70)44-48-78-66-88(104-62-32-26-20-14-6)82(68-86(78)102-60-30-24-18-12-4)92-96-94-90(106-92)74-51-55-80(98-8)56-52-74)84(100-58-28-22-16-10-2)64-75(83)45-41-69-33-37-71(38-34-69)43-47-77-65-87(103-61-31-25-19-13-5)81(67-85(77)101-59-29-23-17-11-3)91-95-93-89(105-91)73-49-53-79(97-7)54-50-73/h33-56,63-68H,9-32,57-62H2,1-8H3/b45-41+,46-42+,47-43+,48-44+. The Morgan fingerprint density at radius 3 is 0.745 bits per heavy atom. The number of hydrogen-bond acceptors (Lipinski definition) is 14. The first-order valence-electron chi connectivity index (χ1n) is 39.4. The molecule has 106 heavy (non-hydrogen) atoms. The summed E-state index contributed by atoms with van der Waals surface area (Å²) in [6.45, 7) is 16.9. The van der Waals surface area contributed by atoms with E-state index in [0.717, 1.165) is 231 Å². The molecule has 0 aliphatic heterocycles. The fourth-order valence-electron chi connectivity index (χ4n) is 12.1. The van der Waals surface area contributed by atoms with Crippen molar-refractivity contribution in [1.82, 2.24) is 20.4 Å². The van der Waals surface area contributed by atoms with Crippen molar-refractivity contribution in [2.75, 3.05) is 53.9 Å². The predicted molar refractivity (Wildman–Crippen MR) is 436 cm³/mol. The third kappa shape index (κ3) is 25.8. The van der Waals surface area contributed by atoms with Gasteiger partial charge in [0.25, 0.3) is 11.8 Å². The highest BCUT2D eigenvalue weighted by atomic mass is 16.5. The summed E-state index contributed by atoms with van der Waals surface area (Å²) in [7, 11) is 3.30. The van der Waals surface area contributed by atoms with Gasteiger partial charge in [-0.05, 0) is 146 Å². The molecule has 0 unspecified atom stereocenters. The maximum absolute atomic E-state index is 6.72. The van der Waals surface area contributed by atoms with Crippen LogP contribution < -0.4 is 37.9 Å². The van der Waals surface area contributed by atoms with Crippen LogP contribution in [0.1, 0.15) is 240 Å². The van der Waals surface area contributed by atoms with E-state index in [1.54, 1.807) is 14.2 Å². The van der Waals surface area contributed by atoms with Crippen LogP contribution in [0.5, 0.6) is 46.0 Å². The smallest absolute Gasteiger partial charge is 0.252 e. The van der Waals surface area contributed by atoms with E-state index in [4.69, 9.17) is 46.7 Å². The van der Waals surface area contributed by atoms with Crippen LogP contribution in [0.2, 0.25) is 0 Å². The van der Waals surface area contributed by atoms with Gasteiger partial charge in [-0.25, -0.2) is 0 Å². The number of aromatic nitrogens is 4. The first-order chi connectivity index (χ1) is 52.2. The molecule has 0 aliphatic carbocycles. The minimum atomic E-state index is 0.365. The van der Waals surface area contributed by atoms with Crippen molar-refractivity contribution in [2.24, 2.45) is 0 Å². The molecule has 0 amide bonds. The normalized spacial score (nSPS) is 11.6. The molecular weight excluding hydrogens is 1320 g/mol. The lowest BCUT2D eigenvalue weighted by atomic mass is 10.0. The Hall–Kier alpha value is -9.82. The summed E-state index contributed by atoms with van der Waals surface area (Å²) in [5, 5.41) is 18.0. The van der Waals surface area contributed by atoms with Gasteiger partial charge in [-0.15, -0.1) is 20.4 Å². The van der Waals surface area contributed by atoms with Gasteiger partial charge in [0.15, 0.2) is 0 Å². The molecule has 0 saturated carbocycles. The molecule has 2 heterocycles. The zero-order valence-corrected chi connectivity index (χ0v) is 64.4. The first kappa shape index (κ1) is 80.3. The Balaban J connectivity index is 0.968. The topological polar surface area (TPSA) is 152 Å². The second kappa shape index (κ2) is 45.5. The summed E-state index contributed by atoms with van der Waals surface area (Å²) in [5.74, 6) is 7.47. The molecule has 2 aromatic heterocycles. The summed E-state index contributed by atoms with van der Waals surface area (Å²) in [4.78, 5) is 0. The lowest BCUT2D eigenvalue weighted by molar-refractivity contribution is 0.296. The molecule has 0 N–H and O–H groups in total. The summed E-state index contributed by atoms with van der Waals surface area (Å²) >= 11 is 0. The maximum Gasteiger partial charge on any atom is 0.252 e. The van der Waals surface area contributed by atoms with Crippen LogP contribution in [0, 0.1) is 0 Å². The molecule has 0 atom stereocenters. The largest absolute Gasteiger partial charge is 0.497 e. The van der Waals surface area contributed by atoms with E-state index in [2.05, 4.69) is 183 Å². The number of unbranched alkanes of at least 4 members (excludes halogenated alkanes) is 18. The molecule has 0 spiro atoms. The molecular formula is C92H114N4O10. The third-order valence-corrected chi connectivity index (χ3v) is 18.6. The van der Waals surface area contributed by atoms with Crippen molar-refractivity contribution in [1.29, 1.82) is 0 Å². The van der Waals surface area contributed by atoms with Gasteiger partial charge in [0.05, 0.1) is 65.0 Å². The zero-order valence-electron chi connectivity index (χ0n) is 64.4. The highest BCUT2D eigenvalue weighted by Gasteiger charge is 2.22. The lowest BCUT2D eigenvalue weighted by Crippen LogP contribution is -2.03. The average Bonchev–Trinajstić information content (AvgIpc) is 1.47. The van der Waals surface area contributed by atoms with Gasteiger partial charge >= 0.3 is 0 Å². The molecule has 0 saturated heterocycles. The van der Waals surface area contributed by atoms with Gasteiger partial charge < -0.3 is 46.7 Å². The molecule has 7 aromatic carbocycles. The summed E-state index contributed by atoms with van der Waals surface area (Å²) in [6.07, 6.45) is 43.3. The van der Waals surface area contributed by atoms with Crippen molar-refractivity contribution in [3.05, 3.63) is 178 Å². The minimum Gasteiger partial charge on any atom is -0.497 e. The van der Waals surface area contributed by atoms with Crippen molar-refractivity contribution < 1.29 is 46.7 Å². The number of ether oxygens (including phenoxy) is 8. The molecule has 14 nitrogen and oxygen atoms in total. The molecule has 0 radical (unpaired) electrons. The summed E-state index contributed by atoms with van der Waals surface area (Å²) in [6, 6.07) is 44.8. The Bertz CT molecular complexity index is 3860. The average molecular weight is 1440 g/mol. The fourth-order valence-corrected chi connectivity index (χ4v) is 12.1. The summed E-state index contributed by atoms with van der Waals surface area (Å²) < 4.78 is 63.4. The Morgan fingerprint density at radius 1 is 0.255 bits per heavy atom.